The van der Waals surface area contributed by atoms with Crippen LogP contribution in [0.25, 0.3) is 0 Å². The van der Waals surface area contributed by atoms with Crippen LogP contribution in [0.5, 0.6) is 0 Å². The van der Waals surface area contributed by atoms with Crippen molar-refractivity contribution in [1.29, 1.82) is 0 Å². The molecule has 2 saturated carbocycles. The minimum Gasteiger partial charge on any atom is -0.346 e. The summed E-state index contributed by atoms with van der Waals surface area (Å²) in [5.74, 6) is 1.47. The number of carbonyl (C=O) groups is 2. The van der Waals surface area contributed by atoms with Gasteiger partial charge >= 0.3 is 5.00 Å². The number of nitro groups is 1. The maximum absolute atomic E-state index is 13.1. The molecule has 3 fully saturated rings. The standard InChI is InChI=1S/C20H27N3O4S/c1-4-15-14(21-18(24)16-5-6-17(28-16)23(26)27)7-8-22(15)19(25)11-9-12-13(10-11)20(12,2)3/h5-6,11-15H,4,7-10H2,1-3H3,(H,21,24)/t11?,12-,13+,14-,15+/m0/s1. The van der Waals surface area contributed by atoms with Crippen LogP contribution >= 0.6 is 11.3 Å². The van der Waals surface area contributed by atoms with Crippen LogP contribution in [0.2, 0.25) is 0 Å². The summed E-state index contributed by atoms with van der Waals surface area (Å²) >= 11 is 0.882. The molecule has 0 spiro atoms. The van der Waals surface area contributed by atoms with Crippen molar-refractivity contribution >= 4 is 28.2 Å². The molecule has 0 radical (unpaired) electrons. The van der Waals surface area contributed by atoms with Crippen LogP contribution in [-0.4, -0.2) is 40.3 Å². The van der Waals surface area contributed by atoms with E-state index in [9.17, 15) is 19.7 Å². The normalized spacial score (nSPS) is 32.8. The largest absolute Gasteiger partial charge is 0.346 e. The van der Waals surface area contributed by atoms with Crippen molar-refractivity contribution in [3.05, 3.63) is 27.1 Å². The molecule has 2 amide bonds. The predicted octanol–water partition coefficient (Wildman–Crippen LogP) is 3.45. The van der Waals surface area contributed by atoms with E-state index < -0.39 is 4.92 Å². The minimum atomic E-state index is -0.486. The van der Waals surface area contributed by atoms with Gasteiger partial charge in [0.25, 0.3) is 5.91 Å². The predicted molar refractivity (Wildman–Crippen MR) is 106 cm³/mol. The van der Waals surface area contributed by atoms with Gasteiger partial charge in [-0.3, -0.25) is 19.7 Å². The lowest BCUT2D eigenvalue weighted by Gasteiger charge is -2.30. The Morgan fingerprint density at radius 1 is 1.32 bits per heavy atom. The van der Waals surface area contributed by atoms with Crippen LogP contribution in [0, 0.1) is 33.3 Å². The van der Waals surface area contributed by atoms with E-state index in [-0.39, 0.29) is 34.8 Å². The second-order valence-corrected chi connectivity index (χ2v) is 10.0. The van der Waals surface area contributed by atoms with Crippen LogP contribution < -0.4 is 5.32 Å². The number of fused-ring (bicyclic) bond motifs is 1. The van der Waals surface area contributed by atoms with E-state index in [0.29, 0.717) is 28.7 Å². The van der Waals surface area contributed by atoms with Gasteiger partial charge in [0, 0.05) is 18.5 Å². The van der Waals surface area contributed by atoms with Crippen molar-refractivity contribution in [1.82, 2.24) is 10.2 Å². The molecule has 28 heavy (non-hydrogen) atoms. The minimum absolute atomic E-state index is 0.00339. The topological polar surface area (TPSA) is 92.5 Å². The highest BCUT2D eigenvalue weighted by Crippen LogP contribution is 2.68. The first-order chi connectivity index (χ1) is 13.2. The van der Waals surface area contributed by atoms with Crippen LogP contribution in [0.4, 0.5) is 5.00 Å². The van der Waals surface area contributed by atoms with Gasteiger partial charge in [0.1, 0.15) is 0 Å². The summed E-state index contributed by atoms with van der Waals surface area (Å²) in [5, 5.41) is 13.8. The fourth-order valence-electron chi connectivity index (χ4n) is 5.53. The second kappa shape index (κ2) is 6.83. The van der Waals surface area contributed by atoms with Gasteiger partial charge in [0.15, 0.2) is 0 Å². The maximum Gasteiger partial charge on any atom is 0.324 e. The average Bonchev–Trinajstić information content (AvgIpc) is 3.22. The van der Waals surface area contributed by atoms with Crippen LogP contribution in [0.15, 0.2) is 12.1 Å². The molecule has 1 unspecified atom stereocenters. The lowest BCUT2D eigenvalue weighted by Crippen LogP contribution is -2.47. The smallest absolute Gasteiger partial charge is 0.324 e. The first-order valence-electron chi connectivity index (χ1n) is 10.1. The number of hydrogen-bond acceptors (Lipinski definition) is 5. The Labute approximate surface area is 168 Å². The summed E-state index contributed by atoms with van der Waals surface area (Å²) in [6.45, 7) is 7.31. The van der Waals surface area contributed by atoms with E-state index in [1.54, 1.807) is 0 Å². The molecule has 3 aliphatic rings. The summed E-state index contributed by atoms with van der Waals surface area (Å²) in [5.41, 5.74) is 0.409. The summed E-state index contributed by atoms with van der Waals surface area (Å²) in [7, 11) is 0. The zero-order valence-electron chi connectivity index (χ0n) is 16.5. The molecular weight excluding hydrogens is 378 g/mol. The molecule has 8 heteroatoms. The van der Waals surface area contributed by atoms with Crippen molar-refractivity contribution in [2.24, 2.45) is 23.2 Å². The van der Waals surface area contributed by atoms with Gasteiger partial charge in [0.05, 0.1) is 21.9 Å². The van der Waals surface area contributed by atoms with Gasteiger partial charge in [-0.1, -0.05) is 32.1 Å². The van der Waals surface area contributed by atoms with Gasteiger partial charge in [-0.25, -0.2) is 0 Å². The Hall–Kier alpha value is -1.96. The molecule has 152 valence electrons. The van der Waals surface area contributed by atoms with E-state index in [2.05, 4.69) is 19.2 Å². The summed E-state index contributed by atoms with van der Waals surface area (Å²) < 4.78 is 0. The number of rotatable bonds is 5. The summed E-state index contributed by atoms with van der Waals surface area (Å²) in [4.78, 5) is 38.3. The molecule has 1 aliphatic heterocycles. The van der Waals surface area contributed by atoms with Crippen molar-refractivity contribution in [2.45, 2.75) is 58.5 Å². The number of likely N-dealkylation sites (tertiary alicyclic amines) is 1. The highest BCUT2D eigenvalue weighted by atomic mass is 32.1. The molecule has 1 saturated heterocycles. The molecule has 5 atom stereocenters. The van der Waals surface area contributed by atoms with Crippen molar-refractivity contribution < 1.29 is 14.5 Å². The first-order valence-corrected chi connectivity index (χ1v) is 10.9. The van der Waals surface area contributed by atoms with Gasteiger partial charge in [-0.2, -0.15) is 0 Å². The molecule has 4 rings (SSSR count). The summed E-state index contributed by atoms with van der Waals surface area (Å²) in [6.07, 6.45) is 3.51. The molecule has 2 aliphatic carbocycles. The van der Waals surface area contributed by atoms with E-state index in [1.165, 1.54) is 12.1 Å². The van der Waals surface area contributed by atoms with Gasteiger partial charge < -0.3 is 10.2 Å². The average molecular weight is 406 g/mol. The molecule has 2 heterocycles. The molecule has 7 nitrogen and oxygen atoms in total. The van der Waals surface area contributed by atoms with E-state index in [1.807, 2.05) is 11.8 Å². The lowest BCUT2D eigenvalue weighted by molar-refractivity contribution is -0.380. The third kappa shape index (κ3) is 3.11. The Balaban J connectivity index is 1.38. The molecule has 1 aromatic rings. The molecular formula is C20H27N3O4S. The molecule has 0 aromatic carbocycles. The SMILES string of the molecule is CC[C@@H]1[C@@H](NC(=O)c2ccc([N+](=O)[O-])s2)CCN1C(=O)C1C[C@@H]2[C@H](C1)C2(C)C. The van der Waals surface area contributed by atoms with Crippen molar-refractivity contribution in [2.75, 3.05) is 6.54 Å². The zero-order valence-corrected chi connectivity index (χ0v) is 17.3. The zero-order chi connectivity index (χ0) is 20.2. The maximum atomic E-state index is 13.1. The van der Waals surface area contributed by atoms with E-state index in [0.717, 1.165) is 37.0 Å². The molecule has 1 aromatic heterocycles. The third-order valence-electron chi connectivity index (χ3n) is 7.27. The number of amides is 2. The Bertz CT molecular complexity index is 806. The van der Waals surface area contributed by atoms with Gasteiger partial charge in [0.2, 0.25) is 5.91 Å². The summed E-state index contributed by atoms with van der Waals surface area (Å²) in [6, 6.07) is 2.74. The Kier molecular flexibility index (Phi) is 4.72. The van der Waals surface area contributed by atoms with Gasteiger partial charge in [-0.05, 0) is 49.0 Å². The number of thiophene rings is 1. The van der Waals surface area contributed by atoms with Crippen LogP contribution in [-0.2, 0) is 4.79 Å². The second-order valence-electron chi connectivity index (χ2n) is 8.97. The number of hydrogen-bond donors (Lipinski definition) is 1. The highest BCUT2D eigenvalue weighted by Gasteiger charge is 2.63. The lowest BCUT2D eigenvalue weighted by atomic mass is 9.92. The van der Waals surface area contributed by atoms with Crippen LogP contribution in [0.1, 0.15) is 56.1 Å². The fourth-order valence-corrected chi connectivity index (χ4v) is 6.25. The number of carbonyl (C=O) groups excluding carboxylic acids is 2. The van der Waals surface area contributed by atoms with E-state index >= 15 is 0 Å². The van der Waals surface area contributed by atoms with E-state index in [4.69, 9.17) is 0 Å². The fraction of sp³-hybridized carbons (Fsp3) is 0.700. The monoisotopic (exact) mass is 405 g/mol. The number of nitrogens with zero attached hydrogens (tertiary/aromatic N) is 2. The molecule has 1 N–H and O–H groups in total. The van der Waals surface area contributed by atoms with Crippen molar-refractivity contribution in [3.8, 4) is 0 Å². The number of nitrogens with one attached hydrogen (secondary N) is 1. The highest BCUT2D eigenvalue weighted by molar-refractivity contribution is 7.17. The quantitative estimate of drug-likeness (QED) is 0.600. The first kappa shape index (κ1) is 19.4. The van der Waals surface area contributed by atoms with Gasteiger partial charge in [-0.15, -0.1) is 0 Å². The third-order valence-corrected chi connectivity index (χ3v) is 8.31. The van der Waals surface area contributed by atoms with Crippen molar-refractivity contribution in [3.63, 3.8) is 0 Å². The van der Waals surface area contributed by atoms with Crippen LogP contribution in [0.3, 0.4) is 0 Å². The molecule has 0 bridgehead atoms. The Morgan fingerprint density at radius 3 is 2.57 bits per heavy atom. The Morgan fingerprint density at radius 2 is 2.00 bits per heavy atom.